The van der Waals surface area contributed by atoms with Gasteiger partial charge in [0, 0.05) is 41.3 Å². The van der Waals surface area contributed by atoms with Gasteiger partial charge in [-0.25, -0.2) is 0 Å². The third-order valence-corrected chi connectivity index (χ3v) is 8.46. The molecule has 0 amide bonds. The maximum Gasteiger partial charge on any atom is 0.339 e. The summed E-state index contributed by atoms with van der Waals surface area (Å²) >= 11 is 0. The number of aliphatic carboxylic acids is 1. The van der Waals surface area contributed by atoms with Crippen LogP contribution in [0.15, 0.2) is 76.0 Å². The molecule has 5 rings (SSSR count). The van der Waals surface area contributed by atoms with E-state index in [1.807, 2.05) is 0 Å². The summed E-state index contributed by atoms with van der Waals surface area (Å²) in [6.07, 6.45) is 2.88. The van der Waals surface area contributed by atoms with E-state index in [1.54, 1.807) is 42.2 Å². The summed E-state index contributed by atoms with van der Waals surface area (Å²) in [4.78, 5) is 40.1. The predicted octanol–water partition coefficient (Wildman–Crippen LogP) is 4.35. The van der Waals surface area contributed by atoms with E-state index in [-0.39, 0.29) is 41.1 Å². The Hall–Kier alpha value is -3.92. The number of carbonyl (C=O) groups is 3. The highest BCUT2D eigenvalue weighted by atomic mass is 32.2. The van der Waals surface area contributed by atoms with Crippen LogP contribution in [0.4, 0.5) is 0 Å². The van der Waals surface area contributed by atoms with E-state index in [0.29, 0.717) is 66.6 Å². The molecule has 39 heavy (non-hydrogen) atoms. The molecule has 9 nitrogen and oxygen atoms in total. The zero-order valence-corrected chi connectivity index (χ0v) is 22.3. The molecule has 0 unspecified atom stereocenters. The smallest absolute Gasteiger partial charge is 0.339 e. The fraction of sp³-hybridized carbons (Fsp3) is 0.345. The molecule has 3 aliphatic rings. The van der Waals surface area contributed by atoms with Crippen LogP contribution in [0.25, 0.3) is 0 Å². The normalized spacial score (nSPS) is 18.1. The molecule has 0 spiro atoms. The molecule has 1 N–H and O–H groups in total. The molecule has 1 aliphatic heterocycles. The summed E-state index contributed by atoms with van der Waals surface area (Å²) in [5.74, 6) is -1.82. The number of benzene rings is 2. The van der Waals surface area contributed by atoms with Gasteiger partial charge in [0.25, 0.3) is 0 Å². The quantitative estimate of drug-likeness (QED) is 0.476. The van der Waals surface area contributed by atoms with Crippen LogP contribution >= 0.6 is 0 Å². The van der Waals surface area contributed by atoms with Crippen molar-refractivity contribution >= 4 is 27.7 Å². The molecule has 2 aromatic carbocycles. The number of allylic oxidation sites excluding steroid dienone is 4. The minimum atomic E-state index is -4.14. The van der Waals surface area contributed by atoms with Gasteiger partial charge >= 0.3 is 16.1 Å². The Labute approximate surface area is 226 Å². The molecule has 2 aromatic rings. The second-order valence-corrected chi connectivity index (χ2v) is 11.2. The van der Waals surface area contributed by atoms with Crippen molar-refractivity contribution in [1.82, 2.24) is 4.90 Å². The van der Waals surface area contributed by atoms with Gasteiger partial charge in [-0.3, -0.25) is 14.4 Å². The average molecular weight is 552 g/mol. The zero-order chi connectivity index (χ0) is 27.7. The molecule has 2 aliphatic carbocycles. The number of nitrogens with zero attached hydrogens (tertiary/aromatic N) is 1. The van der Waals surface area contributed by atoms with E-state index in [1.165, 1.54) is 18.2 Å². The second kappa shape index (κ2) is 10.7. The molecule has 0 radical (unpaired) electrons. The number of carboxylic acids is 1. The molecular weight excluding hydrogens is 522 g/mol. The SMILES string of the molecule is CCOc1cc(C2C3=C(CCCC3=O)N(CC(=O)O)C3=C2C(=O)CCC3)ccc1OS(=O)(=O)c1ccccc1. The Kier molecular flexibility index (Phi) is 7.31. The van der Waals surface area contributed by atoms with Crippen LogP contribution in [0.3, 0.4) is 0 Å². The summed E-state index contributed by atoms with van der Waals surface area (Å²) in [5, 5.41) is 9.63. The van der Waals surface area contributed by atoms with Crippen LogP contribution in [0.1, 0.15) is 56.9 Å². The predicted molar refractivity (Wildman–Crippen MR) is 141 cm³/mol. The fourth-order valence-electron chi connectivity index (χ4n) is 5.67. The lowest BCUT2D eigenvalue weighted by molar-refractivity contribution is -0.138. The van der Waals surface area contributed by atoms with Crippen LogP contribution in [-0.2, 0) is 24.5 Å². The van der Waals surface area contributed by atoms with E-state index in [2.05, 4.69) is 0 Å². The monoisotopic (exact) mass is 551 g/mol. The molecule has 0 saturated heterocycles. The number of hydrogen-bond acceptors (Lipinski definition) is 8. The maximum absolute atomic E-state index is 13.3. The lowest BCUT2D eigenvalue weighted by atomic mass is 9.71. The van der Waals surface area contributed by atoms with Crippen molar-refractivity contribution in [2.45, 2.75) is 56.3 Å². The van der Waals surface area contributed by atoms with Crippen LogP contribution in [-0.4, -0.2) is 49.1 Å². The topological polar surface area (TPSA) is 127 Å². The van der Waals surface area contributed by atoms with E-state index in [4.69, 9.17) is 8.92 Å². The van der Waals surface area contributed by atoms with E-state index < -0.39 is 22.0 Å². The van der Waals surface area contributed by atoms with Crippen LogP contribution < -0.4 is 8.92 Å². The zero-order valence-electron chi connectivity index (χ0n) is 21.5. The van der Waals surface area contributed by atoms with Gasteiger partial charge in [-0.15, -0.1) is 0 Å². The molecular formula is C29H29NO8S. The van der Waals surface area contributed by atoms with E-state index >= 15 is 0 Å². The highest BCUT2D eigenvalue weighted by Gasteiger charge is 2.44. The summed E-state index contributed by atoms with van der Waals surface area (Å²) < 4.78 is 37.0. The Morgan fingerprint density at radius 2 is 1.54 bits per heavy atom. The molecule has 0 saturated carbocycles. The average Bonchev–Trinajstić information content (AvgIpc) is 2.91. The highest BCUT2D eigenvalue weighted by molar-refractivity contribution is 7.87. The Bertz CT molecular complexity index is 1460. The Morgan fingerprint density at radius 1 is 0.923 bits per heavy atom. The highest BCUT2D eigenvalue weighted by Crippen LogP contribution is 2.50. The van der Waals surface area contributed by atoms with Gasteiger partial charge in [0.2, 0.25) is 0 Å². The first-order valence-corrected chi connectivity index (χ1v) is 14.4. The van der Waals surface area contributed by atoms with Crippen molar-refractivity contribution in [2.75, 3.05) is 13.2 Å². The molecule has 204 valence electrons. The first-order valence-electron chi connectivity index (χ1n) is 13.0. The van der Waals surface area contributed by atoms with Gasteiger partial charge in [-0.2, -0.15) is 8.42 Å². The van der Waals surface area contributed by atoms with Gasteiger partial charge in [0.1, 0.15) is 11.4 Å². The molecule has 0 atom stereocenters. The third-order valence-electron chi connectivity index (χ3n) is 7.21. The minimum absolute atomic E-state index is 0.00692. The number of ketones is 2. The van der Waals surface area contributed by atoms with Crippen molar-refractivity contribution < 1.29 is 36.8 Å². The Morgan fingerprint density at radius 3 is 2.10 bits per heavy atom. The van der Waals surface area contributed by atoms with Gasteiger partial charge < -0.3 is 18.9 Å². The third kappa shape index (κ3) is 5.08. The lowest BCUT2D eigenvalue weighted by Crippen LogP contribution is -2.41. The van der Waals surface area contributed by atoms with Crippen LogP contribution in [0.5, 0.6) is 11.5 Å². The van der Waals surface area contributed by atoms with Gasteiger partial charge in [0.05, 0.1) is 6.61 Å². The maximum atomic E-state index is 13.3. The number of Topliss-reactive ketones (excluding diaryl/α,β-unsaturated/α-hetero) is 2. The summed E-state index contributed by atoms with van der Waals surface area (Å²) in [6.45, 7) is 1.66. The number of rotatable bonds is 8. The van der Waals surface area contributed by atoms with Crippen LogP contribution in [0, 0.1) is 0 Å². The summed E-state index contributed by atoms with van der Waals surface area (Å²) in [7, 11) is -4.14. The molecule has 0 aromatic heterocycles. The van der Waals surface area contributed by atoms with Gasteiger partial charge in [-0.1, -0.05) is 24.3 Å². The van der Waals surface area contributed by atoms with Crippen molar-refractivity contribution in [3.63, 3.8) is 0 Å². The minimum Gasteiger partial charge on any atom is -0.490 e. The first-order chi connectivity index (χ1) is 18.7. The molecule has 10 heteroatoms. The standard InChI is InChI=1S/C29H29NO8S/c1-2-37-25-16-18(14-15-24(25)38-39(35,36)19-8-4-3-5-9-19)27-28-20(10-6-12-22(28)31)30(17-26(33)34)21-11-7-13-23(32)29(21)27/h3-5,8-9,14-16,27H,2,6-7,10-13,17H2,1H3,(H,33,34). The van der Waals surface area contributed by atoms with Crippen molar-refractivity contribution in [3.8, 4) is 11.5 Å². The summed E-state index contributed by atoms with van der Waals surface area (Å²) in [5.41, 5.74) is 2.76. The largest absolute Gasteiger partial charge is 0.490 e. The van der Waals surface area contributed by atoms with Crippen molar-refractivity contribution in [2.24, 2.45) is 0 Å². The number of carboxylic acid groups (broad SMARTS) is 1. The summed E-state index contributed by atoms with van der Waals surface area (Å²) in [6, 6.07) is 12.5. The molecule has 1 heterocycles. The second-order valence-electron chi connectivity index (χ2n) is 9.68. The van der Waals surface area contributed by atoms with Crippen molar-refractivity contribution in [3.05, 3.63) is 76.6 Å². The molecule has 0 bridgehead atoms. The van der Waals surface area contributed by atoms with E-state index in [0.717, 1.165) is 0 Å². The first kappa shape index (κ1) is 26.7. The lowest BCUT2D eigenvalue weighted by Gasteiger charge is -2.43. The van der Waals surface area contributed by atoms with Crippen molar-refractivity contribution in [1.29, 1.82) is 0 Å². The van der Waals surface area contributed by atoms with Gasteiger partial charge in [-0.05, 0) is 62.4 Å². The van der Waals surface area contributed by atoms with E-state index in [9.17, 15) is 27.9 Å². The Balaban J connectivity index is 1.63. The molecule has 0 fully saturated rings. The number of ether oxygens (including phenoxy) is 1. The number of carbonyl (C=O) groups excluding carboxylic acids is 2. The van der Waals surface area contributed by atoms with Gasteiger partial charge in [0.15, 0.2) is 23.1 Å². The van der Waals surface area contributed by atoms with Crippen LogP contribution in [0.2, 0.25) is 0 Å². The fourth-order valence-corrected chi connectivity index (χ4v) is 6.63. The number of hydrogen-bond donors (Lipinski definition) is 1.